The van der Waals surface area contributed by atoms with Crippen LogP contribution in [0.15, 0.2) is 36.4 Å². The lowest BCUT2D eigenvalue weighted by atomic mass is 9.94. The summed E-state index contributed by atoms with van der Waals surface area (Å²) in [7, 11) is 0. The van der Waals surface area contributed by atoms with Crippen molar-refractivity contribution in [2.45, 2.75) is 44.7 Å². The highest BCUT2D eigenvalue weighted by atomic mass is 35.5. The van der Waals surface area contributed by atoms with Crippen LogP contribution in [0.4, 0.5) is 11.4 Å². The van der Waals surface area contributed by atoms with Gasteiger partial charge in [-0.15, -0.1) is 0 Å². The Kier molecular flexibility index (Phi) is 8.56. The summed E-state index contributed by atoms with van der Waals surface area (Å²) >= 11 is 12.5. The number of rotatable bonds is 7. The molecule has 4 rings (SSSR count). The van der Waals surface area contributed by atoms with E-state index in [0.29, 0.717) is 27.6 Å². The number of anilines is 2. The SMILES string of the molecule is CC(Nc1cc(N2CCC(N3CCCC(CO)C3)CC2)ccc1C(=N)C#N)c1ccc(Cl)cc1Cl. The Bertz CT molecular complexity index is 1090. The van der Waals surface area contributed by atoms with E-state index >= 15 is 0 Å². The lowest BCUT2D eigenvalue weighted by Gasteiger charge is -2.42. The molecule has 0 bridgehead atoms. The highest BCUT2D eigenvalue weighted by Gasteiger charge is 2.29. The van der Waals surface area contributed by atoms with Crippen LogP contribution in [0.3, 0.4) is 0 Å². The zero-order valence-corrected chi connectivity index (χ0v) is 21.6. The summed E-state index contributed by atoms with van der Waals surface area (Å²) in [6, 6.07) is 13.7. The fraction of sp³-hybridized carbons (Fsp3) is 0.481. The fourth-order valence-electron chi connectivity index (χ4n) is 5.36. The number of hydrogen-bond donors (Lipinski definition) is 3. The molecule has 3 N–H and O–H groups in total. The number of benzene rings is 2. The maximum atomic E-state index is 9.58. The number of nitrogens with zero attached hydrogens (tertiary/aromatic N) is 3. The molecule has 0 radical (unpaired) electrons. The maximum Gasteiger partial charge on any atom is 0.141 e. The van der Waals surface area contributed by atoms with E-state index in [9.17, 15) is 10.4 Å². The topological polar surface area (TPSA) is 86.4 Å². The second-order valence-corrected chi connectivity index (χ2v) is 10.5. The molecule has 0 aliphatic carbocycles. The summed E-state index contributed by atoms with van der Waals surface area (Å²) < 4.78 is 0. The Balaban J connectivity index is 1.49. The first-order valence-electron chi connectivity index (χ1n) is 12.3. The van der Waals surface area contributed by atoms with E-state index in [1.165, 1.54) is 6.42 Å². The van der Waals surface area contributed by atoms with E-state index in [0.717, 1.165) is 62.4 Å². The largest absolute Gasteiger partial charge is 0.396 e. The quantitative estimate of drug-likeness (QED) is 0.411. The lowest BCUT2D eigenvalue weighted by molar-refractivity contribution is 0.0778. The minimum atomic E-state index is -0.135. The first kappa shape index (κ1) is 25.8. The van der Waals surface area contributed by atoms with E-state index in [2.05, 4.69) is 15.1 Å². The number of aliphatic hydroxyl groups is 1. The summed E-state index contributed by atoms with van der Waals surface area (Å²) in [5, 5.41) is 31.7. The molecule has 2 saturated heterocycles. The summed E-state index contributed by atoms with van der Waals surface area (Å²) in [5.74, 6) is 0.412. The third-order valence-corrected chi connectivity index (χ3v) is 7.90. The average Bonchev–Trinajstić information content (AvgIpc) is 2.88. The molecule has 8 heteroatoms. The normalized spacial score (nSPS) is 20.3. The third kappa shape index (κ3) is 6.10. The van der Waals surface area contributed by atoms with Crippen molar-refractivity contribution < 1.29 is 5.11 Å². The van der Waals surface area contributed by atoms with Crippen LogP contribution in [-0.2, 0) is 0 Å². The molecule has 0 amide bonds. The van der Waals surface area contributed by atoms with Crippen LogP contribution >= 0.6 is 23.2 Å². The van der Waals surface area contributed by atoms with Crippen molar-refractivity contribution in [2.24, 2.45) is 5.92 Å². The number of nitriles is 1. The van der Waals surface area contributed by atoms with Crippen molar-refractivity contribution in [2.75, 3.05) is 43.0 Å². The Morgan fingerprint density at radius 3 is 2.63 bits per heavy atom. The molecule has 2 atom stereocenters. The van der Waals surface area contributed by atoms with E-state index < -0.39 is 0 Å². The number of likely N-dealkylation sites (tertiary alicyclic amines) is 1. The average molecular weight is 515 g/mol. The van der Waals surface area contributed by atoms with Gasteiger partial charge in [0.15, 0.2) is 0 Å². The van der Waals surface area contributed by atoms with E-state index in [-0.39, 0.29) is 18.4 Å². The molecular formula is C27H33Cl2N5O. The predicted octanol–water partition coefficient (Wildman–Crippen LogP) is 5.73. The molecule has 2 heterocycles. The predicted molar refractivity (Wildman–Crippen MR) is 144 cm³/mol. The second kappa shape index (κ2) is 11.6. The van der Waals surface area contributed by atoms with Crippen LogP contribution in [0.2, 0.25) is 10.0 Å². The zero-order valence-electron chi connectivity index (χ0n) is 20.1. The van der Waals surface area contributed by atoms with Gasteiger partial charge < -0.3 is 15.3 Å². The van der Waals surface area contributed by atoms with Crippen molar-refractivity contribution in [3.8, 4) is 6.07 Å². The molecule has 6 nitrogen and oxygen atoms in total. The minimum Gasteiger partial charge on any atom is -0.396 e. The summed E-state index contributed by atoms with van der Waals surface area (Å²) in [6.45, 7) is 6.34. The minimum absolute atomic E-state index is 0.0734. The van der Waals surface area contributed by atoms with Gasteiger partial charge in [0.25, 0.3) is 0 Å². The van der Waals surface area contributed by atoms with Gasteiger partial charge in [-0.2, -0.15) is 5.26 Å². The monoisotopic (exact) mass is 513 g/mol. The van der Waals surface area contributed by atoms with Gasteiger partial charge in [0.05, 0.1) is 6.04 Å². The highest BCUT2D eigenvalue weighted by Crippen LogP contribution is 2.33. The smallest absolute Gasteiger partial charge is 0.141 e. The molecule has 186 valence electrons. The summed E-state index contributed by atoms with van der Waals surface area (Å²) in [5.41, 5.74) is 3.24. The number of nitrogens with one attached hydrogen (secondary N) is 2. The number of piperidine rings is 2. The van der Waals surface area contributed by atoms with Gasteiger partial charge in [-0.25, -0.2) is 0 Å². The van der Waals surface area contributed by atoms with Crippen molar-refractivity contribution in [3.05, 3.63) is 57.6 Å². The Morgan fingerprint density at radius 2 is 1.94 bits per heavy atom. The summed E-state index contributed by atoms with van der Waals surface area (Å²) in [6.07, 6.45) is 4.48. The van der Waals surface area contributed by atoms with Crippen LogP contribution < -0.4 is 10.2 Å². The van der Waals surface area contributed by atoms with Crippen LogP contribution in [0, 0.1) is 22.7 Å². The first-order chi connectivity index (χ1) is 16.9. The van der Waals surface area contributed by atoms with E-state index in [1.54, 1.807) is 6.07 Å². The molecule has 0 saturated carbocycles. The summed E-state index contributed by atoms with van der Waals surface area (Å²) in [4.78, 5) is 4.96. The van der Waals surface area contributed by atoms with Crippen molar-refractivity contribution in [1.82, 2.24) is 4.90 Å². The Morgan fingerprint density at radius 1 is 1.17 bits per heavy atom. The zero-order chi connectivity index (χ0) is 24.9. The van der Waals surface area contributed by atoms with Gasteiger partial charge in [0.1, 0.15) is 11.8 Å². The molecule has 35 heavy (non-hydrogen) atoms. The standard InChI is InChI=1S/C27H33Cl2N5O/c1-18(23-6-4-20(28)13-25(23)29)32-27-14-22(5-7-24(27)26(31)15-30)33-11-8-21(9-12-33)34-10-2-3-19(16-34)17-35/h4-7,13-14,18-19,21,31-32,35H,2-3,8-12,16-17H2,1H3. The Hall–Kier alpha value is -2.30. The second-order valence-electron chi connectivity index (χ2n) is 9.65. The molecule has 0 spiro atoms. The highest BCUT2D eigenvalue weighted by molar-refractivity contribution is 6.35. The number of aliphatic hydroxyl groups excluding tert-OH is 1. The first-order valence-corrected chi connectivity index (χ1v) is 13.1. The third-order valence-electron chi connectivity index (χ3n) is 7.34. The van der Waals surface area contributed by atoms with Gasteiger partial charge in [0, 0.05) is 59.3 Å². The molecule has 2 fully saturated rings. The molecule has 0 aromatic heterocycles. The maximum absolute atomic E-state index is 9.58. The van der Waals surface area contributed by atoms with Crippen LogP contribution in [-0.4, -0.2) is 54.5 Å². The molecule has 2 aliphatic rings. The van der Waals surface area contributed by atoms with Crippen molar-refractivity contribution >= 4 is 40.3 Å². The fourth-order valence-corrected chi connectivity index (χ4v) is 5.93. The Labute approximate surface area is 217 Å². The van der Waals surface area contributed by atoms with Gasteiger partial charge in [0.2, 0.25) is 0 Å². The number of hydrogen-bond acceptors (Lipinski definition) is 6. The molecule has 2 unspecified atom stereocenters. The van der Waals surface area contributed by atoms with Crippen LogP contribution in [0.25, 0.3) is 0 Å². The van der Waals surface area contributed by atoms with Crippen molar-refractivity contribution in [1.29, 1.82) is 10.7 Å². The number of halogens is 2. The van der Waals surface area contributed by atoms with Gasteiger partial charge in [-0.05, 0) is 81.0 Å². The van der Waals surface area contributed by atoms with Crippen LogP contribution in [0.5, 0.6) is 0 Å². The molecular weight excluding hydrogens is 481 g/mol. The molecule has 2 aromatic carbocycles. The van der Waals surface area contributed by atoms with Gasteiger partial charge in [-0.3, -0.25) is 10.3 Å². The van der Waals surface area contributed by atoms with Gasteiger partial charge >= 0.3 is 0 Å². The van der Waals surface area contributed by atoms with E-state index in [4.69, 9.17) is 28.6 Å². The van der Waals surface area contributed by atoms with E-state index in [1.807, 2.05) is 43.3 Å². The molecule has 2 aromatic rings. The van der Waals surface area contributed by atoms with Crippen LogP contribution in [0.1, 0.15) is 49.8 Å². The lowest BCUT2D eigenvalue weighted by Crippen LogP contribution is -2.49. The molecule has 2 aliphatic heterocycles. The van der Waals surface area contributed by atoms with Crippen molar-refractivity contribution in [3.63, 3.8) is 0 Å². The van der Waals surface area contributed by atoms with Gasteiger partial charge in [-0.1, -0.05) is 29.3 Å².